The summed E-state index contributed by atoms with van der Waals surface area (Å²) < 4.78 is 0. The van der Waals surface area contributed by atoms with E-state index in [1.165, 1.54) is 23.9 Å². The van der Waals surface area contributed by atoms with Gasteiger partial charge in [-0.1, -0.05) is 48.2 Å². The van der Waals surface area contributed by atoms with Gasteiger partial charge < -0.3 is 5.32 Å². The Morgan fingerprint density at radius 3 is 2.63 bits per heavy atom. The number of nitrogens with zero attached hydrogens (tertiary/aromatic N) is 3. The fraction of sp³-hybridized carbons (Fsp3) is 0.0952. The molecule has 1 unspecified atom stereocenters. The third kappa shape index (κ3) is 4.17. The van der Waals surface area contributed by atoms with Gasteiger partial charge in [0.15, 0.2) is 5.82 Å². The summed E-state index contributed by atoms with van der Waals surface area (Å²) in [6, 6.07) is 17.6. The first kappa shape index (κ1) is 20.0. The van der Waals surface area contributed by atoms with Crippen molar-refractivity contribution in [3.63, 3.8) is 0 Å². The van der Waals surface area contributed by atoms with Crippen molar-refractivity contribution in [2.24, 2.45) is 0 Å². The van der Waals surface area contributed by atoms with Gasteiger partial charge in [0, 0.05) is 11.5 Å². The topological polar surface area (TPSA) is 98.0 Å². The molecule has 1 atom stereocenters. The maximum atomic E-state index is 12.7. The van der Waals surface area contributed by atoms with Crippen LogP contribution in [0.1, 0.15) is 6.92 Å². The van der Waals surface area contributed by atoms with E-state index in [2.05, 4.69) is 10.3 Å². The van der Waals surface area contributed by atoms with E-state index < -0.39 is 10.2 Å². The maximum Gasteiger partial charge on any atom is 0.292 e. The Kier molecular flexibility index (Phi) is 5.73. The number of carbonyl (C=O) groups excluding carboxylic acids is 1. The molecule has 2 aromatic heterocycles. The van der Waals surface area contributed by atoms with Gasteiger partial charge in [0.05, 0.1) is 20.6 Å². The highest BCUT2D eigenvalue weighted by molar-refractivity contribution is 8.00. The highest BCUT2D eigenvalue weighted by atomic mass is 32.2. The molecule has 0 bridgehead atoms. The number of aromatic nitrogens is 2. The lowest BCUT2D eigenvalue weighted by atomic mass is 10.2. The highest BCUT2D eigenvalue weighted by Crippen LogP contribution is 2.33. The number of carbonyl (C=O) groups is 1. The standard InChI is InChI=1S/C21H16N4O3S2/c1-13(20(26)23-16-9-4-5-10-17(16)25(27)28)30-21-14-7-2-3-8-15(14)22-19(24-21)18-11-6-12-29-18/h2-13H,1H3,(H,23,26). The highest BCUT2D eigenvalue weighted by Gasteiger charge is 2.21. The first-order valence-electron chi connectivity index (χ1n) is 9.04. The normalized spacial score (nSPS) is 11.9. The molecule has 150 valence electrons. The van der Waals surface area contributed by atoms with Crippen molar-refractivity contribution >= 4 is 51.3 Å². The third-order valence-electron chi connectivity index (χ3n) is 4.33. The quantitative estimate of drug-likeness (QED) is 0.188. The first-order chi connectivity index (χ1) is 14.5. The van der Waals surface area contributed by atoms with Crippen LogP contribution in [0.15, 0.2) is 71.1 Å². The fourth-order valence-electron chi connectivity index (χ4n) is 2.85. The summed E-state index contributed by atoms with van der Waals surface area (Å²) in [7, 11) is 0. The molecule has 1 N–H and O–H groups in total. The van der Waals surface area contributed by atoms with Crippen molar-refractivity contribution in [3.05, 3.63) is 76.2 Å². The average molecular weight is 437 g/mol. The predicted octanol–water partition coefficient (Wildman–Crippen LogP) is 5.39. The van der Waals surface area contributed by atoms with E-state index in [1.54, 1.807) is 30.4 Å². The van der Waals surface area contributed by atoms with Gasteiger partial charge in [0.25, 0.3) is 5.69 Å². The molecule has 0 fully saturated rings. The third-order valence-corrected chi connectivity index (χ3v) is 6.29. The number of nitro groups is 1. The van der Waals surface area contributed by atoms with Crippen LogP contribution < -0.4 is 5.32 Å². The van der Waals surface area contributed by atoms with Crippen LogP contribution in [0.3, 0.4) is 0 Å². The Labute approximate surface area is 180 Å². The molecule has 1 amide bonds. The number of anilines is 1. The number of thiophene rings is 1. The number of amides is 1. The number of thioether (sulfide) groups is 1. The second-order valence-corrected chi connectivity index (χ2v) is 8.65. The molecule has 0 saturated heterocycles. The molecule has 30 heavy (non-hydrogen) atoms. The molecule has 0 aliphatic rings. The second-order valence-electron chi connectivity index (χ2n) is 6.37. The molecule has 2 aromatic carbocycles. The molecule has 0 aliphatic heterocycles. The lowest BCUT2D eigenvalue weighted by Crippen LogP contribution is -2.23. The molecule has 4 rings (SSSR count). The minimum absolute atomic E-state index is 0.143. The lowest BCUT2D eigenvalue weighted by molar-refractivity contribution is -0.383. The minimum atomic E-state index is -0.528. The van der Waals surface area contributed by atoms with Crippen molar-refractivity contribution < 1.29 is 9.72 Å². The predicted molar refractivity (Wildman–Crippen MR) is 120 cm³/mol. The van der Waals surface area contributed by atoms with Gasteiger partial charge in [-0.05, 0) is 30.5 Å². The van der Waals surface area contributed by atoms with Crippen LogP contribution in [0.25, 0.3) is 21.6 Å². The van der Waals surface area contributed by atoms with Crippen LogP contribution >= 0.6 is 23.1 Å². The Morgan fingerprint density at radius 1 is 1.10 bits per heavy atom. The monoisotopic (exact) mass is 436 g/mol. The molecule has 2 heterocycles. The first-order valence-corrected chi connectivity index (χ1v) is 10.8. The Balaban J connectivity index is 1.62. The van der Waals surface area contributed by atoms with Crippen LogP contribution in [-0.4, -0.2) is 26.0 Å². The molecular weight excluding hydrogens is 420 g/mol. The largest absolute Gasteiger partial charge is 0.319 e. The summed E-state index contributed by atoms with van der Waals surface area (Å²) in [5.41, 5.74) is 0.826. The van der Waals surface area contributed by atoms with Crippen LogP contribution in [0.2, 0.25) is 0 Å². The zero-order valence-electron chi connectivity index (χ0n) is 15.8. The number of para-hydroxylation sites is 3. The van der Waals surface area contributed by atoms with Gasteiger partial charge in [0.1, 0.15) is 10.7 Å². The van der Waals surface area contributed by atoms with Gasteiger partial charge in [-0.3, -0.25) is 14.9 Å². The Hall–Kier alpha value is -3.30. The molecule has 9 heteroatoms. The molecule has 0 spiro atoms. The number of nitro benzene ring substituents is 1. The van der Waals surface area contributed by atoms with E-state index in [4.69, 9.17) is 4.98 Å². The Morgan fingerprint density at radius 2 is 1.87 bits per heavy atom. The molecule has 4 aromatic rings. The van der Waals surface area contributed by atoms with E-state index in [0.717, 1.165) is 15.8 Å². The average Bonchev–Trinajstić information content (AvgIpc) is 3.29. The number of nitrogens with one attached hydrogen (secondary N) is 1. The molecule has 7 nitrogen and oxygen atoms in total. The number of benzene rings is 2. The fourth-order valence-corrected chi connectivity index (χ4v) is 4.44. The van der Waals surface area contributed by atoms with Gasteiger partial charge >= 0.3 is 0 Å². The van der Waals surface area contributed by atoms with Crippen molar-refractivity contribution in [2.75, 3.05) is 5.32 Å². The summed E-state index contributed by atoms with van der Waals surface area (Å²) >= 11 is 2.84. The van der Waals surface area contributed by atoms with Gasteiger partial charge in [-0.2, -0.15) is 0 Å². The van der Waals surface area contributed by atoms with Gasteiger partial charge in [-0.15, -0.1) is 11.3 Å². The summed E-state index contributed by atoms with van der Waals surface area (Å²) in [5, 5.41) is 16.8. The van der Waals surface area contributed by atoms with Crippen LogP contribution in [-0.2, 0) is 4.79 Å². The molecular formula is C21H16N4O3S2. The number of hydrogen-bond acceptors (Lipinski definition) is 7. The van der Waals surface area contributed by atoms with E-state index in [-0.39, 0.29) is 17.3 Å². The molecule has 0 aliphatic carbocycles. The van der Waals surface area contributed by atoms with Crippen molar-refractivity contribution in [3.8, 4) is 10.7 Å². The van der Waals surface area contributed by atoms with Crippen molar-refractivity contribution in [2.45, 2.75) is 17.2 Å². The number of fused-ring (bicyclic) bond motifs is 1. The minimum Gasteiger partial charge on any atom is -0.319 e. The molecule has 0 radical (unpaired) electrons. The van der Waals surface area contributed by atoms with E-state index in [9.17, 15) is 14.9 Å². The smallest absolute Gasteiger partial charge is 0.292 e. The van der Waals surface area contributed by atoms with Crippen molar-refractivity contribution in [1.82, 2.24) is 9.97 Å². The summed E-state index contributed by atoms with van der Waals surface area (Å²) in [6.07, 6.45) is 0. The van der Waals surface area contributed by atoms with E-state index in [1.807, 2.05) is 41.8 Å². The molecule has 0 saturated carbocycles. The maximum absolute atomic E-state index is 12.7. The summed E-state index contributed by atoms with van der Waals surface area (Å²) in [6.45, 7) is 1.75. The summed E-state index contributed by atoms with van der Waals surface area (Å²) in [4.78, 5) is 33.7. The summed E-state index contributed by atoms with van der Waals surface area (Å²) in [5.74, 6) is 0.271. The number of hydrogen-bond donors (Lipinski definition) is 1. The van der Waals surface area contributed by atoms with E-state index >= 15 is 0 Å². The zero-order valence-corrected chi connectivity index (χ0v) is 17.4. The Bertz CT molecular complexity index is 1230. The second kappa shape index (κ2) is 8.60. The lowest BCUT2D eigenvalue weighted by Gasteiger charge is -2.13. The van der Waals surface area contributed by atoms with Crippen LogP contribution in [0.4, 0.5) is 11.4 Å². The van der Waals surface area contributed by atoms with Crippen molar-refractivity contribution in [1.29, 1.82) is 0 Å². The van der Waals surface area contributed by atoms with Gasteiger partial charge in [-0.25, -0.2) is 9.97 Å². The van der Waals surface area contributed by atoms with Crippen LogP contribution in [0, 0.1) is 10.1 Å². The van der Waals surface area contributed by atoms with Crippen LogP contribution in [0.5, 0.6) is 0 Å². The van der Waals surface area contributed by atoms with E-state index in [0.29, 0.717) is 10.9 Å². The number of rotatable bonds is 6. The zero-order chi connectivity index (χ0) is 21.1. The van der Waals surface area contributed by atoms with Gasteiger partial charge in [0.2, 0.25) is 5.91 Å². The SMILES string of the molecule is CC(Sc1nc(-c2cccs2)nc2ccccc12)C(=O)Nc1ccccc1[N+](=O)[O-].